The molecule has 2 fully saturated rings. The third-order valence-electron chi connectivity index (χ3n) is 12.1. The average Bonchev–Trinajstić information content (AvgIpc) is 4.22. The summed E-state index contributed by atoms with van der Waals surface area (Å²) in [7, 11) is 0. The number of pyridine rings is 2. The van der Waals surface area contributed by atoms with E-state index in [1.54, 1.807) is 0 Å². The second kappa shape index (κ2) is 17.4. The summed E-state index contributed by atoms with van der Waals surface area (Å²) in [6.07, 6.45) is 18.0. The highest BCUT2D eigenvalue weighted by Crippen LogP contribution is 2.42. The Hall–Kier alpha value is -6.40. The van der Waals surface area contributed by atoms with Gasteiger partial charge in [0.2, 0.25) is 0 Å². The van der Waals surface area contributed by atoms with E-state index in [0.717, 1.165) is 55.3 Å². The number of fused-ring (bicyclic) bond motifs is 2. The number of nitrogens with zero attached hydrogens (tertiary/aromatic N) is 2. The first-order valence-electron chi connectivity index (χ1n) is 21.6. The number of carbonyl (C=O) groups excluding carboxylic acids is 1. The first-order valence-corrected chi connectivity index (χ1v) is 21.6. The van der Waals surface area contributed by atoms with E-state index in [9.17, 15) is 14.7 Å². The first kappa shape index (κ1) is 39.1. The highest BCUT2D eigenvalue weighted by atomic mass is 16.5. The molecule has 60 heavy (non-hydrogen) atoms. The van der Waals surface area contributed by atoms with Crippen LogP contribution in [-0.4, -0.2) is 33.6 Å². The van der Waals surface area contributed by atoms with Crippen LogP contribution in [0.2, 0.25) is 0 Å². The van der Waals surface area contributed by atoms with Crippen LogP contribution in [0.15, 0.2) is 134 Å². The molecule has 2 aromatic heterocycles. The van der Waals surface area contributed by atoms with E-state index < -0.39 is 5.97 Å². The Morgan fingerprint density at radius 1 is 0.633 bits per heavy atom. The standard InChI is InChI=1S/C29H29NO2.C25H21NO2/c1-2-3-15-32-29(31)27-18-24(21-10-11-21)19-30-28(27)17-20-9-13-26-23(16-20)12-14-25(26)22-7-5-4-6-8-22;27-25(28)23-14-20(17-7-8-17)15-26-24(23)13-16-6-10-22-19(12-16)9-11-21(22)18-4-2-1-3-5-18/h4-9,13-14,16,18-19,21H,2-3,10-12,15,17H2,1H3;1-6,10-12,14-15,17H,7-9,13H2,(H,27,28). The third-order valence-corrected chi connectivity index (χ3v) is 12.1. The predicted octanol–water partition coefficient (Wildman–Crippen LogP) is 11.7. The minimum atomic E-state index is -0.890. The largest absolute Gasteiger partial charge is 0.478 e. The van der Waals surface area contributed by atoms with Crippen molar-refractivity contribution in [3.05, 3.63) is 212 Å². The Balaban J connectivity index is 0.000000155. The van der Waals surface area contributed by atoms with Gasteiger partial charge in [0.05, 0.1) is 29.1 Å². The summed E-state index contributed by atoms with van der Waals surface area (Å²) in [6.45, 7) is 2.57. The number of carbonyl (C=O) groups is 2. The van der Waals surface area contributed by atoms with Gasteiger partial charge in [-0.15, -0.1) is 0 Å². The van der Waals surface area contributed by atoms with E-state index in [2.05, 4.69) is 115 Å². The number of esters is 1. The van der Waals surface area contributed by atoms with Crippen LogP contribution in [-0.2, 0) is 30.4 Å². The number of ether oxygens (including phenoxy) is 1. The van der Waals surface area contributed by atoms with Crippen molar-refractivity contribution in [2.24, 2.45) is 0 Å². The van der Waals surface area contributed by atoms with Gasteiger partial charge in [-0.2, -0.15) is 0 Å². The SMILES string of the molecule is CCCCOC(=O)c1cc(C2CC2)cnc1Cc1ccc2c(c1)CC=C2c1ccccc1.O=C(O)c1cc(C2CC2)cnc1Cc1ccc2c(c1)CC=C2c1ccccc1. The molecule has 0 radical (unpaired) electrons. The number of aromatic nitrogens is 2. The van der Waals surface area contributed by atoms with Gasteiger partial charge in [-0.05, 0) is 136 Å². The predicted molar refractivity (Wildman–Crippen MR) is 238 cm³/mol. The molecule has 2 saturated carbocycles. The number of benzene rings is 4. The van der Waals surface area contributed by atoms with E-state index in [1.165, 1.54) is 68.5 Å². The quantitative estimate of drug-likeness (QED) is 0.0926. The normalized spacial score (nSPS) is 14.9. The van der Waals surface area contributed by atoms with Crippen LogP contribution < -0.4 is 0 Å². The van der Waals surface area contributed by atoms with Crippen LogP contribution >= 0.6 is 0 Å². The molecule has 4 aromatic carbocycles. The van der Waals surface area contributed by atoms with Crippen molar-refractivity contribution < 1.29 is 19.4 Å². The minimum Gasteiger partial charge on any atom is -0.478 e. The maximum absolute atomic E-state index is 12.8. The minimum absolute atomic E-state index is 0.238. The Labute approximate surface area is 352 Å². The lowest BCUT2D eigenvalue weighted by molar-refractivity contribution is 0.0497. The van der Waals surface area contributed by atoms with Crippen LogP contribution in [0.5, 0.6) is 0 Å². The van der Waals surface area contributed by atoms with Gasteiger partial charge in [-0.25, -0.2) is 9.59 Å². The lowest BCUT2D eigenvalue weighted by Gasteiger charge is -2.12. The molecule has 2 heterocycles. The fourth-order valence-electron chi connectivity index (χ4n) is 8.52. The molecular weight excluding hydrogens is 741 g/mol. The molecule has 300 valence electrons. The van der Waals surface area contributed by atoms with Crippen molar-refractivity contribution in [1.82, 2.24) is 9.97 Å². The number of hydrogen-bond acceptors (Lipinski definition) is 5. The fraction of sp³-hybridized carbons (Fsp3) is 0.259. The van der Waals surface area contributed by atoms with Crippen LogP contribution in [0.25, 0.3) is 11.1 Å². The summed E-state index contributed by atoms with van der Waals surface area (Å²) in [5.74, 6) is -0.0693. The number of carboxylic acids is 1. The Kier molecular flexibility index (Phi) is 11.4. The van der Waals surface area contributed by atoms with Gasteiger partial charge < -0.3 is 9.84 Å². The van der Waals surface area contributed by atoms with Gasteiger partial charge in [0, 0.05) is 25.2 Å². The van der Waals surface area contributed by atoms with Crippen LogP contribution in [0, 0.1) is 0 Å². The van der Waals surface area contributed by atoms with Crippen LogP contribution in [0.1, 0.15) is 145 Å². The summed E-state index contributed by atoms with van der Waals surface area (Å²) < 4.78 is 5.55. The second-order valence-electron chi connectivity index (χ2n) is 16.6. The number of unbranched alkanes of at least 4 members (excludes halogenated alkanes) is 1. The molecule has 0 unspecified atom stereocenters. The summed E-state index contributed by atoms with van der Waals surface area (Å²) >= 11 is 0. The van der Waals surface area contributed by atoms with Crippen LogP contribution in [0.3, 0.4) is 0 Å². The van der Waals surface area contributed by atoms with E-state index in [1.807, 2.05) is 30.6 Å². The fourth-order valence-corrected chi connectivity index (χ4v) is 8.52. The molecule has 6 aromatic rings. The lowest BCUT2D eigenvalue weighted by atomic mass is 9.95. The van der Waals surface area contributed by atoms with Gasteiger partial charge in [0.15, 0.2) is 0 Å². The molecule has 6 heteroatoms. The van der Waals surface area contributed by atoms with E-state index in [-0.39, 0.29) is 5.97 Å². The second-order valence-corrected chi connectivity index (χ2v) is 16.6. The van der Waals surface area contributed by atoms with Crippen molar-refractivity contribution >= 4 is 23.1 Å². The highest BCUT2D eigenvalue weighted by Gasteiger charge is 2.28. The van der Waals surface area contributed by atoms with Crippen LogP contribution in [0.4, 0.5) is 0 Å². The molecule has 0 aliphatic heterocycles. The zero-order chi connectivity index (χ0) is 41.0. The van der Waals surface area contributed by atoms with Crippen molar-refractivity contribution in [2.75, 3.05) is 6.61 Å². The molecule has 4 aliphatic carbocycles. The van der Waals surface area contributed by atoms with Gasteiger partial charge in [0.25, 0.3) is 0 Å². The smallest absolute Gasteiger partial charge is 0.340 e. The summed E-state index contributed by atoms with van der Waals surface area (Å²) in [5, 5.41) is 9.64. The van der Waals surface area contributed by atoms with E-state index in [0.29, 0.717) is 48.1 Å². The molecule has 0 saturated heterocycles. The van der Waals surface area contributed by atoms with Crippen molar-refractivity contribution in [1.29, 1.82) is 0 Å². The molecule has 0 atom stereocenters. The molecular formula is C54H50N2O4. The molecule has 0 spiro atoms. The highest BCUT2D eigenvalue weighted by molar-refractivity contribution is 5.91. The van der Waals surface area contributed by atoms with Gasteiger partial charge in [-0.3, -0.25) is 9.97 Å². The van der Waals surface area contributed by atoms with E-state index in [4.69, 9.17) is 9.72 Å². The molecule has 0 bridgehead atoms. The molecule has 6 nitrogen and oxygen atoms in total. The molecule has 0 amide bonds. The maximum atomic E-state index is 12.8. The van der Waals surface area contributed by atoms with E-state index >= 15 is 0 Å². The third kappa shape index (κ3) is 8.79. The molecule has 10 rings (SSSR count). The number of hydrogen-bond donors (Lipinski definition) is 1. The number of allylic oxidation sites excluding steroid dienone is 2. The summed E-state index contributed by atoms with van der Waals surface area (Å²) in [5.41, 5.74) is 17.2. The number of carboxylic acid groups (broad SMARTS) is 1. The topological polar surface area (TPSA) is 89.4 Å². The lowest BCUT2D eigenvalue weighted by Crippen LogP contribution is -2.12. The van der Waals surface area contributed by atoms with Crippen molar-refractivity contribution in [3.63, 3.8) is 0 Å². The summed E-state index contributed by atoms with van der Waals surface area (Å²) in [4.78, 5) is 33.8. The first-order chi connectivity index (χ1) is 29.4. The van der Waals surface area contributed by atoms with Crippen molar-refractivity contribution in [3.8, 4) is 0 Å². The van der Waals surface area contributed by atoms with Gasteiger partial charge >= 0.3 is 11.9 Å². The zero-order valence-corrected chi connectivity index (χ0v) is 34.2. The molecule has 1 N–H and O–H groups in total. The van der Waals surface area contributed by atoms with Gasteiger partial charge in [0.1, 0.15) is 0 Å². The number of aromatic carboxylic acids is 1. The summed E-state index contributed by atoms with van der Waals surface area (Å²) in [6, 6.07) is 37.9. The average molecular weight is 791 g/mol. The van der Waals surface area contributed by atoms with Gasteiger partial charge in [-0.1, -0.05) is 123 Å². The van der Waals surface area contributed by atoms with Crippen molar-refractivity contribution in [2.45, 2.75) is 83.0 Å². The number of rotatable bonds is 13. The Bertz CT molecular complexity index is 2620. The maximum Gasteiger partial charge on any atom is 0.340 e. The molecule has 4 aliphatic rings. The zero-order valence-electron chi connectivity index (χ0n) is 34.2. The Morgan fingerprint density at radius 2 is 1.12 bits per heavy atom. The Morgan fingerprint density at radius 3 is 1.58 bits per heavy atom. The monoisotopic (exact) mass is 790 g/mol.